The standard InChI is InChI=1S/C11H15NO5S2/c13-11(14)9-4-5-10(18-9)19(15,16)12-7-8-3-1-2-6-17-8/h4-5,8,12H,1-3,6-7H2,(H,13,14). The van der Waals surface area contributed by atoms with Gasteiger partial charge in [-0.3, -0.25) is 0 Å². The van der Waals surface area contributed by atoms with Gasteiger partial charge in [-0.15, -0.1) is 11.3 Å². The Labute approximate surface area is 115 Å². The Balaban J connectivity index is 1.98. The second kappa shape index (κ2) is 6.00. The van der Waals surface area contributed by atoms with E-state index in [-0.39, 0.29) is 21.7 Å². The van der Waals surface area contributed by atoms with E-state index in [1.165, 1.54) is 12.1 Å². The van der Waals surface area contributed by atoms with E-state index in [0.29, 0.717) is 6.61 Å². The number of thiophene rings is 1. The molecule has 0 aromatic carbocycles. The first-order valence-electron chi connectivity index (χ1n) is 5.93. The maximum Gasteiger partial charge on any atom is 0.345 e. The van der Waals surface area contributed by atoms with Gasteiger partial charge in [0.2, 0.25) is 10.0 Å². The Morgan fingerprint density at radius 1 is 1.47 bits per heavy atom. The third-order valence-corrected chi connectivity index (χ3v) is 5.82. The van der Waals surface area contributed by atoms with E-state index in [0.717, 1.165) is 30.6 Å². The highest BCUT2D eigenvalue weighted by molar-refractivity contribution is 7.91. The van der Waals surface area contributed by atoms with E-state index >= 15 is 0 Å². The van der Waals surface area contributed by atoms with Crippen molar-refractivity contribution in [2.24, 2.45) is 0 Å². The third kappa shape index (κ3) is 3.75. The minimum atomic E-state index is -3.65. The van der Waals surface area contributed by atoms with Crippen LogP contribution < -0.4 is 4.72 Å². The molecular weight excluding hydrogens is 290 g/mol. The molecule has 0 saturated carbocycles. The molecule has 0 aliphatic carbocycles. The van der Waals surface area contributed by atoms with E-state index in [4.69, 9.17) is 9.84 Å². The molecule has 0 radical (unpaired) electrons. The van der Waals surface area contributed by atoms with Crippen molar-refractivity contribution in [1.29, 1.82) is 0 Å². The van der Waals surface area contributed by atoms with Gasteiger partial charge in [0.1, 0.15) is 9.09 Å². The van der Waals surface area contributed by atoms with Crippen molar-refractivity contribution in [3.8, 4) is 0 Å². The molecule has 0 bridgehead atoms. The number of hydrogen-bond donors (Lipinski definition) is 2. The first-order valence-corrected chi connectivity index (χ1v) is 8.23. The molecule has 1 aromatic rings. The summed E-state index contributed by atoms with van der Waals surface area (Å²) in [5.74, 6) is -1.12. The third-order valence-electron chi connectivity index (χ3n) is 2.83. The van der Waals surface area contributed by atoms with Crippen molar-refractivity contribution < 1.29 is 23.1 Å². The first-order chi connectivity index (χ1) is 8.99. The fourth-order valence-electron chi connectivity index (χ4n) is 1.82. The summed E-state index contributed by atoms with van der Waals surface area (Å²) in [6.07, 6.45) is 2.79. The lowest BCUT2D eigenvalue weighted by atomic mass is 10.1. The topological polar surface area (TPSA) is 92.7 Å². The van der Waals surface area contributed by atoms with Crippen LogP contribution in [0, 0.1) is 0 Å². The summed E-state index contributed by atoms with van der Waals surface area (Å²) in [6.45, 7) is 0.886. The average Bonchev–Trinajstić information content (AvgIpc) is 2.88. The predicted molar refractivity (Wildman–Crippen MR) is 70.1 cm³/mol. The number of hydrogen-bond acceptors (Lipinski definition) is 5. The number of aromatic carboxylic acids is 1. The van der Waals surface area contributed by atoms with Gasteiger partial charge in [-0.1, -0.05) is 0 Å². The smallest absolute Gasteiger partial charge is 0.345 e. The molecule has 0 amide bonds. The van der Waals surface area contributed by atoms with E-state index in [1.807, 2.05) is 0 Å². The Morgan fingerprint density at radius 2 is 2.26 bits per heavy atom. The molecule has 8 heteroatoms. The summed E-state index contributed by atoms with van der Waals surface area (Å²) in [5.41, 5.74) is 0. The van der Waals surface area contributed by atoms with Crippen molar-refractivity contribution in [3.63, 3.8) is 0 Å². The summed E-state index contributed by atoms with van der Waals surface area (Å²) in [7, 11) is -3.65. The van der Waals surface area contributed by atoms with Crippen LogP contribution in [-0.2, 0) is 14.8 Å². The lowest BCUT2D eigenvalue weighted by Crippen LogP contribution is -2.35. The minimum absolute atomic E-state index is 0.00860. The number of carboxylic acid groups (broad SMARTS) is 1. The van der Waals surface area contributed by atoms with Crippen molar-refractivity contribution in [2.75, 3.05) is 13.2 Å². The van der Waals surface area contributed by atoms with Crippen molar-refractivity contribution in [1.82, 2.24) is 4.72 Å². The molecular formula is C11H15NO5S2. The zero-order chi connectivity index (χ0) is 13.9. The molecule has 6 nitrogen and oxygen atoms in total. The van der Waals surface area contributed by atoms with Gasteiger partial charge in [-0.2, -0.15) is 0 Å². The Kier molecular flexibility index (Phi) is 4.56. The predicted octanol–water partition coefficient (Wildman–Crippen LogP) is 1.29. The molecule has 1 atom stereocenters. The van der Waals surface area contributed by atoms with Gasteiger partial charge in [-0.25, -0.2) is 17.9 Å². The first kappa shape index (κ1) is 14.4. The van der Waals surface area contributed by atoms with Crippen molar-refractivity contribution in [3.05, 3.63) is 17.0 Å². The van der Waals surface area contributed by atoms with Crippen LogP contribution in [0.15, 0.2) is 16.3 Å². The van der Waals surface area contributed by atoms with E-state index in [9.17, 15) is 13.2 Å². The molecule has 1 fully saturated rings. The van der Waals surface area contributed by atoms with Crippen LogP contribution >= 0.6 is 11.3 Å². The van der Waals surface area contributed by atoms with Crippen molar-refractivity contribution >= 4 is 27.3 Å². The molecule has 1 aliphatic rings. The number of rotatable bonds is 5. The number of sulfonamides is 1. The normalized spacial score (nSPS) is 20.3. The fraction of sp³-hybridized carbons (Fsp3) is 0.545. The highest BCUT2D eigenvalue weighted by atomic mass is 32.2. The molecule has 19 heavy (non-hydrogen) atoms. The molecule has 2 rings (SSSR count). The largest absolute Gasteiger partial charge is 0.477 e. The van der Waals surface area contributed by atoms with Gasteiger partial charge in [0.05, 0.1) is 6.10 Å². The zero-order valence-corrected chi connectivity index (χ0v) is 11.8. The van der Waals surface area contributed by atoms with Crippen LogP contribution in [0.4, 0.5) is 0 Å². The Bertz CT molecular complexity index is 545. The lowest BCUT2D eigenvalue weighted by molar-refractivity contribution is 0.0200. The molecule has 2 N–H and O–H groups in total. The summed E-state index contributed by atoms with van der Waals surface area (Å²) in [5, 5.41) is 8.77. The van der Waals surface area contributed by atoms with E-state index < -0.39 is 16.0 Å². The van der Waals surface area contributed by atoms with Gasteiger partial charge in [-0.05, 0) is 31.4 Å². The van der Waals surface area contributed by atoms with E-state index in [1.54, 1.807) is 0 Å². The highest BCUT2D eigenvalue weighted by Gasteiger charge is 2.21. The maximum atomic E-state index is 12.0. The number of carboxylic acids is 1. The second-order valence-electron chi connectivity index (χ2n) is 4.26. The van der Waals surface area contributed by atoms with Gasteiger partial charge < -0.3 is 9.84 Å². The summed E-state index contributed by atoms with van der Waals surface area (Å²) < 4.78 is 31.8. The second-order valence-corrected chi connectivity index (χ2v) is 7.34. The molecule has 2 heterocycles. The summed E-state index contributed by atoms with van der Waals surface area (Å²) in [6, 6.07) is 2.59. The number of ether oxygens (including phenoxy) is 1. The monoisotopic (exact) mass is 305 g/mol. The average molecular weight is 305 g/mol. The van der Waals surface area contributed by atoms with Crippen LogP contribution in [0.2, 0.25) is 0 Å². The maximum absolute atomic E-state index is 12.0. The Morgan fingerprint density at radius 3 is 2.84 bits per heavy atom. The molecule has 0 spiro atoms. The molecule has 106 valence electrons. The molecule has 1 aromatic heterocycles. The van der Waals surface area contributed by atoms with E-state index in [2.05, 4.69) is 4.72 Å². The highest BCUT2D eigenvalue weighted by Crippen LogP contribution is 2.21. The van der Waals surface area contributed by atoms with Crippen LogP contribution in [-0.4, -0.2) is 38.7 Å². The van der Waals surface area contributed by atoms with Gasteiger partial charge in [0, 0.05) is 13.2 Å². The lowest BCUT2D eigenvalue weighted by Gasteiger charge is -2.22. The van der Waals surface area contributed by atoms with Gasteiger partial charge in [0.25, 0.3) is 0 Å². The van der Waals surface area contributed by atoms with Crippen molar-refractivity contribution in [2.45, 2.75) is 29.6 Å². The molecule has 1 unspecified atom stereocenters. The number of carbonyl (C=O) groups is 1. The SMILES string of the molecule is O=C(O)c1ccc(S(=O)(=O)NCC2CCCCO2)s1. The zero-order valence-electron chi connectivity index (χ0n) is 10.2. The summed E-state index contributed by atoms with van der Waals surface area (Å²) >= 11 is 0.744. The summed E-state index contributed by atoms with van der Waals surface area (Å²) in [4.78, 5) is 10.7. The molecule has 1 aliphatic heterocycles. The fourth-order valence-corrected chi connectivity index (χ4v) is 4.08. The minimum Gasteiger partial charge on any atom is -0.477 e. The van der Waals surface area contributed by atoms with Crippen LogP contribution in [0.5, 0.6) is 0 Å². The van der Waals surface area contributed by atoms with Gasteiger partial charge in [0.15, 0.2) is 0 Å². The van der Waals surface area contributed by atoms with Gasteiger partial charge >= 0.3 is 5.97 Å². The van der Waals surface area contributed by atoms with Crippen LogP contribution in [0.25, 0.3) is 0 Å². The molecule has 1 saturated heterocycles. The number of nitrogens with one attached hydrogen (secondary N) is 1. The Hall–Kier alpha value is -0.960. The van der Waals surface area contributed by atoms with Crippen LogP contribution in [0.3, 0.4) is 0 Å². The van der Waals surface area contributed by atoms with Crippen LogP contribution in [0.1, 0.15) is 28.9 Å². The quantitative estimate of drug-likeness (QED) is 0.855.